The first kappa shape index (κ1) is 15.6. The largest absolute Gasteiger partial charge is 0.334 e. The lowest BCUT2D eigenvalue weighted by atomic mass is 9.96. The third-order valence-corrected chi connectivity index (χ3v) is 4.59. The lowest BCUT2D eigenvalue weighted by Gasteiger charge is -2.34. The summed E-state index contributed by atoms with van der Waals surface area (Å²) in [4.78, 5) is 14.2. The van der Waals surface area contributed by atoms with Crippen molar-refractivity contribution in [2.75, 3.05) is 6.54 Å². The van der Waals surface area contributed by atoms with Gasteiger partial charge in [0.05, 0.1) is 16.1 Å². The van der Waals surface area contributed by atoms with Crippen LogP contribution in [-0.4, -0.2) is 23.4 Å². The van der Waals surface area contributed by atoms with Crippen LogP contribution in [-0.2, 0) is 4.79 Å². The Morgan fingerprint density at radius 3 is 2.85 bits per heavy atom. The molecule has 1 amide bonds. The van der Waals surface area contributed by atoms with E-state index >= 15 is 0 Å². The number of rotatable bonds is 3. The molecule has 1 fully saturated rings. The normalized spacial score (nSPS) is 23.8. The van der Waals surface area contributed by atoms with Crippen LogP contribution in [0.5, 0.6) is 0 Å². The highest BCUT2D eigenvalue weighted by molar-refractivity contribution is 6.42. The number of amides is 1. The average molecular weight is 315 g/mol. The van der Waals surface area contributed by atoms with Crippen LogP contribution in [0.25, 0.3) is 0 Å². The Morgan fingerprint density at radius 1 is 1.40 bits per heavy atom. The first-order chi connectivity index (χ1) is 9.56. The predicted molar refractivity (Wildman–Crippen MR) is 83.0 cm³/mol. The molecule has 0 spiro atoms. The maximum absolute atomic E-state index is 12.3. The standard InChI is InChI=1S/C15H20Cl2N2O/c1-2-9-19-13(20)8-4-7-12(18)15(19)10-5-3-6-11(16)14(10)17/h3,5-6,12,15H,2,4,7-9,18H2,1H3. The molecule has 0 aromatic heterocycles. The average Bonchev–Trinajstić information content (AvgIpc) is 2.54. The topological polar surface area (TPSA) is 46.3 Å². The van der Waals surface area contributed by atoms with Gasteiger partial charge in [-0.25, -0.2) is 0 Å². The van der Waals surface area contributed by atoms with Crippen LogP contribution in [0.1, 0.15) is 44.2 Å². The maximum Gasteiger partial charge on any atom is 0.223 e. The number of nitrogens with two attached hydrogens (primary N) is 1. The van der Waals surface area contributed by atoms with Gasteiger partial charge in [-0.2, -0.15) is 0 Å². The van der Waals surface area contributed by atoms with Crippen LogP contribution in [0.4, 0.5) is 0 Å². The Bertz CT molecular complexity index is 493. The van der Waals surface area contributed by atoms with Crippen LogP contribution in [0.15, 0.2) is 18.2 Å². The molecule has 110 valence electrons. The van der Waals surface area contributed by atoms with Crippen molar-refractivity contribution in [2.24, 2.45) is 5.73 Å². The Morgan fingerprint density at radius 2 is 2.15 bits per heavy atom. The van der Waals surface area contributed by atoms with Crippen molar-refractivity contribution >= 4 is 29.1 Å². The zero-order chi connectivity index (χ0) is 14.7. The van der Waals surface area contributed by atoms with Crippen molar-refractivity contribution in [3.63, 3.8) is 0 Å². The second kappa shape index (κ2) is 6.79. The third-order valence-electron chi connectivity index (χ3n) is 3.75. The molecule has 0 aliphatic carbocycles. The van der Waals surface area contributed by atoms with Crippen LogP contribution >= 0.6 is 23.2 Å². The molecule has 1 aromatic rings. The SMILES string of the molecule is CCCN1C(=O)CCCC(N)C1c1cccc(Cl)c1Cl. The van der Waals surface area contributed by atoms with Gasteiger partial charge in [-0.3, -0.25) is 4.79 Å². The van der Waals surface area contributed by atoms with Crippen LogP contribution < -0.4 is 5.73 Å². The molecule has 2 N–H and O–H groups in total. The van der Waals surface area contributed by atoms with Crippen molar-refractivity contribution in [1.29, 1.82) is 0 Å². The quantitative estimate of drug-likeness (QED) is 0.922. The molecule has 1 saturated heterocycles. The van der Waals surface area contributed by atoms with Crippen LogP contribution in [0.2, 0.25) is 10.0 Å². The first-order valence-electron chi connectivity index (χ1n) is 7.05. The summed E-state index contributed by atoms with van der Waals surface area (Å²) in [6, 6.07) is 5.23. The minimum absolute atomic E-state index is 0.107. The predicted octanol–water partition coefficient (Wildman–Crippen LogP) is 3.78. The minimum atomic E-state index is -0.184. The summed E-state index contributed by atoms with van der Waals surface area (Å²) in [6.07, 6.45) is 3.10. The summed E-state index contributed by atoms with van der Waals surface area (Å²) < 4.78 is 0. The van der Waals surface area contributed by atoms with E-state index in [9.17, 15) is 4.79 Å². The van der Waals surface area contributed by atoms with Gasteiger partial charge in [0.1, 0.15) is 0 Å². The zero-order valence-corrected chi connectivity index (χ0v) is 13.1. The fourth-order valence-electron chi connectivity index (χ4n) is 2.83. The van der Waals surface area contributed by atoms with Gasteiger partial charge in [0, 0.05) is 19.0 Å². The Kier molecular flexibility index (Phi) is 5.30. The van der Waals surface area contributed by atoms with Gasteiger partial charge < -0.3 is 10.6 Å². The van der Waals surface area contributed by atoms with E-state index in [2.05, 4.69) is 6.92 Å². The van der Waals surface area contributed by atoms with E-state index in [-0.39, 0.29) is 18.0 Å². The number of hydrogen-bond donors (Lipinski definition) is 1. The van der Waals surface area contributed by atoms with E-state index < -0.39 is 0 Å². The number of hydrogen-bond acceptors (Lipinski definition) is 2. The molecule has 5 heteroatoms. The third kappa shape index (κ3) is 3.11. The number of halogens is 2. The Hall–Kier alpha value is -0.770. The van der Waals surface area contributed by atoms with E-state index in [1.165, 1.54) is 0 Å². The molecule has 0 bridgehead atoms. The number of carbonyl (C=O) groups is 1. The number of likely N-dealkylation sites (tertiary alicyclic amines) is 1. The minimum Gasteiger partial charge on any atom is -0.334 e. The molecule has 2 unspecified atom stereocenters. The molecule has 2 atom stereocenters. The van der Waals surface area contributed by atoms with Crippen molar-refractivity contribution < 1.29 is 4.79 Å². The molecule has 1 aliphatic heterocycles. The van der Waals surface area contributed by atoms with Crippen molar-refractivity contribution in [2.45, 2.75) is 44.7 Å². The summed E-state index contributed by atoms with van der Waals surface area (Å²) in [6.45, 7) is 2.75. The van der Waals surface area contributed by atoms with Crippen LogP contribution in [0, 0.1) is 0 Å². The summed E-state index contributed by atoms with van der Waals surface area (Å²) in [5, 5.41) is 1.01. The highest BCUT2D eigenvalue weighted by atomic mass is 35.5. The van der Waals surface area contributed by atoms with E-state index in [1.54, 1.807) is 6.07 Å². The number of nitrogens with zero attached hydrogens (tertiary/aromatic N) is 1. The fourth-order valence-corrected chi connectivity index (χ4v) is 3.25. The molecule has 1 aliphatic rings. The summed E-state index contributed by atoms with van der Waals surface area (Å²) in [7, 11) is 0. The van der Waals surface area contributed by atoms with Crippen molar-refractivity contribution in [1.82, 2.24) is 4.90 Å². The molecule has 0 saturated carbocycles. The Balaban J connectivity index is 2.46. The molecule has 3 nitrogen and oxygen atoms in total. The van der Waals surface area contributed by atoms with Crippen molar-refractivity contribution in [3.05, 3.63) is 33.8 Å². The lowest BCUT2D eigenvalue weighted by molar-refractivity contribution is -0.133. The smallest absolute Gasteiger partial charge is 0.223 e. The summed E-state index contributed by atoms with van der Waals surface area (Å²) >= 11 is 12.4. The Labute approximate surface area is 130 Å². The van der Waals surface area contributed by atoms with E-state index in [0.717, 1.165) is 24.8 Å². The van der Waals surface area contributed by atoms with Crippen molar-refractivity contribution in [3.8, 4) is 0 Å². The first-order valence-corrected chi connectivity index (χ1v) is 7.80. The van der Waals surface area contributed by atoms with Crippen LogP contribution in [0.3, 0.4) is 0 Å². The summed E-state index contributed by atoms with van der Waals surface area (Å²) in [5.74, 6) is 0.154. The number of benzene rings is 1. The molecule has 1 heterocycles. The van der Waals surface area contributed by atoms with E-state index in [0.29, 0.717) is 23.0 Å². The zero-order valence-electron chi connectivity index (χ0n) is 11.6. The maximum atomic E-state index is 12.3. The molecular formula is C15H20Cl2N2O. The van der Waals surface area contributed by atoms with E-state index in [1.807, 2.05) is 17.0 Å². The summed E-state index contributed by atoms with van der Waals surface area (Å²) in [5.41, 5.74) is 7.17. The molecule has 0 radical (unpaired) electrons. The second-order valence-corrected chi connectivity index (χ2v) is 6.02. The van der Waals surface area contributed by atoms with Gasteiger partial charge >= 0.3 is 0 Å². The molecular weight excluding hydrogens is 295 g/mol. The highest BCUT2D eigenvalue weighted by Crippen LogP contribution is 2.37. The monoisotopic (exact) mass is 314 g/mol. The number of carbonyl (C=O) groups excluding carboxylic acids is 1. The van der Waals surface area contributed by atoms with Gasteiger partial charge in [-0.05, 0) is 30.9 Å². The van der Waals surface area contributed by atoms with Gasteiger partial charge in [0.2, 0.25) is 5.91 Å². The van der Waals surface area contributed by atoms with Gasteiger partial charge in [-0.1, -0.05) is 42.3 Å². The fraction of sp³-hybridized carbons (Fsp3) is 0.533. The molecule has 2 rings (SSSR count). The molecule has 20 heavy (non-hydrogen) atoms. The van der Waals surface area contributed by atoms with Gasteiger partial charge in [0.15, 0.2) is 0 Å². The van der Waals surface area contributed by atoms with Gasteiger partial charge in [0.25, 0.3) is 0 Å². The second-order valence-electron chi connectivity index (χ2n) is 5.23. The lowest BCUT2D eigenvalue weighted by Crippen LogP contribution is -2.42. The van der Waals surface area contributed by atoms with E-state index in [4.69, 9.17) is 28.9 Å². The molecule has 1 aromatic carbocycles. The highest BCUT2D eigenvalue weighted by Gasteiger charge is 2.33. The van der Waals surface area contributed by atoms with Gasteiger partial charge in [-0.15, -0.1) is 0 Å².